The first-order valence-corrected chi connectivity index (χ1v) is 15.7. The Balaban J connectivity index is 1.43. The van der Waals surface area contributed by atoms with Gasteiger partial charge in [-0.05, 0) is 44.9 Å². The fraction of sp³-hybridized carbons (Fsp3) is 0.433. The van der Waals surface area contributed by atoms with Crippen molar-refractivity contribution in [1.29, 1.82) is 0 Å². The van der Waals surface area contributed by atoms with E-state index < -0.39 is 43.3 Å². The molecule has 12 nitrogen and oxygen atoms in total. The van der Waals surface area contributed by atoms with Gasteiger partial charge in [-0.3, -0.25) is 18.7 Å². The molecule has 0 spiro atoms. The molecule has 1 saturated heterocycles. The van der Waals surface area contributed by atoms with Crippen LogP contribution in [0.5, 0.6) is 5.75 Å². The molecule has 0 radical (unpaired) electrons. The van der Waals surface area contributed by atoms with E-state index in [2.05, 4.69) is 5.09 Å². The Morgan fingerprint density at radius 1 is 1.05 bits per heavy atom. The van der Waals surface area contributed by atoms with Gasteiger partial charge >= 0.3 is 19.4 Å². The van der Waals surface area contributed by atoms with Crippen LogP contribution in [-0.2, 0) is 41.4 Å². The van der Waals surface area contributed by atoms with Crippen LogP contribution in [0.15, 0.2) is 82.5 Å². The van der Waals surface area contributed by atoms with Crippen molar-refractivity contribution in [3.8, 4) is 5.75 Å². The number of rotatable bonds is 14. The number of para-hydroxylation sites is 1. The highest BCUT2D eigenvalue weighted by molar-refractivity contribution is 7.52. The Kier molecular flexibility index (Phi) is 11.1. The molecule has 5 atom stereocenters. The van der Waals surface area contributed by atoms with Gasteiger partial charge in [0.25, 0.3) is 5.56 Å². The summed E-state index contributed by atoms with van der Waals surface area (Å²) in [4.78, 5) is 38.1. The number of esters is 1. The molecule has 0 bridgehead atoms. The summed E-state index contributed by atoms with van der Waals surface area (Å²) in [5.41, 5.74) is -0.150. The van der Waals surface area contributed by atoms with Crippen molar-refractivity contribution >= 4 is 13.7 Å². The van der Waals surface area contributed by atoms with Gasteiger partial charge < -0.3 is 18.7 Å². The zero-order valence-electron chi connectivity index (χ0n) is 24.7. The first-order valence-electron chi connectivity index (χ1n) is 14.1. The van der Waals surface area contributed by atoms with Crippen LogP contribution < -0.4 is 20.9 Å². The van der Waals surface area contributed by atoms with Crippen molar-refractivity contribution in [2.24, 2.45) is 5.92 Å². The van der Waals surface area contributed by atoms with E-state index in [0.717, 1.165) is 10.1 Å². The van der Waals surface area contributed by atoms with Crippen LogP contribution >= 0.6 is 7.75 Å². The largest absolute Gasteiger partial charge is 0.462 e. The zero-order valence-corrected chi connectivity index (χ0v) is 25.6. The molecule has 4 rings (SSSR count). The standard InChI is InChI=1S/C30H38N3O9P/c1-21(2)40-29(35)23(4)31-43(37,42-25-13-9-6-10-14-25)39-19-26-17-22(3)28(41-26)32-16-15-27(34)33(30(32)36)20-38-18-24-11-7-5-8-12-24/h5-16,21-23,26,28H,17-20H2,1-4H3,(H,31,37)/t22-,23-,26-,28?,43?/m0/s1. The number of hydrogen-bond acceptors (Lipinski definition) is 9. The van der Waals surface area contributed by atoms with E-state index in [1.54, 1.807) is 44.2 Å². The van der Waals surface area contributed by atoms with Crippen LogP contribution in [-0.4, -0.2) is 40.0 Å². The van der Waals surface area contributed by atoms with Gasteiger partial charge in [-0.25, -0.2) is 13.9 Å². The van der Waals surface area contributed by atoms with Gasteiger partial charge in [0, 0.05) is 18.2 Å². The first-order chi connectivity index (χ1) is 20.5. The van der Waals surface area contributed by atoms with Crippen LogP contribution in [0.25, 0.3) is 0 Å². The van der Waals surface area contributed by atoms with E-state index >= 15 is 0 Å². The lowest BCUT2D eigenvalue weighted by atomic mass is 10.1. The van der Waals surface area contributed by atoms with Crippen LogP contribution in [0.4, 0.5) is 0 Å². The SMILES string of the molecule is CC(C)OC(=O)[C@H](C)NP(=O)(OC[C@@H]1C[C@H](C)C(n2ccc(=O)n(COCc3ccccc3)c2=O)O1)Oc1ccccc1. The van der Waals surface area contributed by atoms with Gasteiger partial charge in [-0.15, -0.1) is 0 Å². The van der Waals surface area contributed by atoms with Gasteiger partial charge in [0.2, 0.25) is 0 Å². The molecule has 0 saturated carbocycles. The fourth-order valence-electron chi connectivity index (χ4n) is 4.55. The van der Waals surface area contributed by atoms with E-state index in [1.807, 2.05) is 37.3 Å². The third-order valence-corrected chi connectivity index (χ3v) is 8.26. The second kappa shape index (κ2) is 14.8. The number of nitrogens with one attached hydrogen (secondary N) is 1. The Morgan fingerprint density at radius 3 is 2.40 bits per heavy atom. The topological polar surface area (TPSA) is 136 Å². The number of hydrogen-bond donors (Lipinski definition) is 1. The van der Waals surface area contributed by atoms with E-state index in [9.17, 15) is 18.9 Å². The zero-order chi connectivity index (χ0) is 31.0. The lowest BCUT2D eigenvalue weighted by molar-refractivity contribution is -0.149. The third-order valence-electron chi connectivity index (χ3n) is 6.61. The maximum absolute atomic E-state index is 13.8. The highest BCUT2D eigenvalue weighted by atomic mass is 31.2. The second-order valence-electron chi connectivity index (χ2n) is 10.6. The number of ether oxygens (including phenoxy) is 3. The minimum atomic E-state index is -4.08. The molecule has 43 heavy (non-hydrogen) atoms. The maximum Gasteiger partial charge on any atom is 0.459 e. The second-order valence-corrected chi connectivity index (χ2v) is 12.3. The molecule has 2 unspecified atom stereocenters. The molecule has 3 aromatic rings. The van der Waals surface area contributed by atoms with Crippen molar-refractivity contribution in [3.63, 3.8) is 0 Å². The number of carbonyl (C=O) groups excluding carboxylic acids is 1. The molecule has 1 N–H and O–H groups in total. The molecule has 232 valence electrons. The van der Waals surface area contributed by atoms with E-state index in [-0.39, 0.29) is 37.7 Å². The summed E-state index contributed by atoms with van der Waals surface area (Å²) in [6.45, 7) is 6.70. The predicted molar refractivity (Wildman–Crippen MR) is 158 cm³/mol. The minimum absolute atomic E-state index is 0.148. The summed E-state index contributed by atoms with van der Waals surface area (Å²) in [7, 11) is -4.08. The van der Waals surface area contributed by atoms with Crippen LogP contribution in [0.3, 0.4) is 0 Å². The Hall–Kier alpha value is -3.54. The smallest absolute Gasteiger partial charge is 0.459 e. The number of benzene rings is 2. The molecule has 2 aromatic carbocycles. The van der Waals surface area contributed by atoms with Crippen molar-refractivity contribution in [1.82, 2.24) is 14.2 Å². The fourth-order valence-corrected chi connectivity index (χ4v) is 6.08. The molecule has 2 heterocycles. The number of aromatic nitrogens is 2. The Labute approximate surface area is 250 Å². The number of carbonyl (C=O) groups is 1. The molecular weight excluding hydrogens is 577 g/mol. The summed E-state index contributed by atoms with van der Waals surface area (Å²) in [5.74, 6) is -0.474. The van der Waals surface area contributed by atoms with Gasteiger partial charge in [0.05, 0.1) is 25.4 Å². The van der Waals surface area contributed by atoms with E-state index in [1.165, 1.54) is 23.8 Å². The summed E-state index contributed by atoms with van der Waals surface area (Å²) in [5, 5.41) is 2.65. The van der Waals surface area contributed by atoms with E-state index in [0.29, 0.717) is 6.42 Å². The van der Waals surface area contributed by atoms with Crippen molar-refractivity contribution in [3.05, 3.63) is 99.3 Å². The summed E-state index contributed by atoms with van der Waals surface area (Å²) in [6, 6.07) is 18.2. The van der Waals surface area contributed by atoms with E-state index in [4.69, 9.17) is 23.3 Å². The summed E-state index contributed by atoms with van der Waals surface area (Å²) < 4.78 is 44.6. The number of nitrogens with zero attached hydrogens (tertiary/aromatic N) is 2. The molecule has 1 aromatic heterocycles. The lowest BCUT2D eigenvalue weighted by Gasteiger charge is -2.24. The maximum atomic E-state index is 13.8. The summed E-state index contributed by atoms with van der Waals surface area (Å²) in [6.07, 6.45) is 0.247. The van der Waals surface area contributed by atoms with Crippen molar-refractivity contribution in [2.45, 2.75) is 71.9 Å². The van der Waals surface area contributed by atoms with Crippen LogP contribution in [0, 0.1) is 5.92 Å². The monoisotopic (exact) mass is 615 g/mol. The summed E-state index contributed by atoms with van der Waals surface area (Å²) >= 11 is 0. The van der Waals surface area contributed by atoms with Gasteiger partial charge in [0.15, 0.2) is 0 Å². The average molecular weight is 616 g/mol. The van der Waals surface area contributed by atoms with Crippen molar-refractivity contribution < 1.29 is 32.6 Å². The first kappa shape index (κ1) is 32.4. The molecule has 0 aliphatic carbocycles. The van der Waals surface area contributed by atoms with Gasteiger partial charge in [0.1, 0.15) is 24.8 Å². The van der Waals surface area contributed by atoms with Crippen LogP contribution in [0.1, 0.15) is 45.9 Å². The molecule has 1 fully saturated rings. The van der Waals surface area contributed by atoms with Gasteiger partial charge in [-0.2, -0.15) is 5.09 Å². The lowest BCUT2D eigenvalue weighted by Crippen LogP contribution is -2.41. The molecular formula is C30H38N3O9P. The third kappa shape index (κ3) is 8.98. The predicted octanol–water partition coefficient (Wildman–Crippen LogP) is 4.24. The molecule has 1 aliphatic rings. The van der Waals surface area contributed by atoms with Gasteiger partial charge in [-0.1, -0.05) is 55.5 Å². The molecule has 1 aliphatic heterocycles. The minimum Gasteiger partial charge on any atom is -0.462 e. The highest BCUT2D eigenvalue weighted by Gasteiger charge is 2.38. The Bertz CT molecular complexity index is 1510. The molecule has 13 heteroatoms. The highest BCUT2D eigenvalue weighted by Crippen LogP contribution is 2.46. The van der Waals surface area contributed by atoms with Crippen molar-refractivity contribution in [2.75, 3.05) is 6.61 Å². The normalized spacial score (nSPS) is 20.4. The Morgan fingerprint density at radius 2 is 1.72 bits per heavy atom. The molecule has 0 amide bonds. The van der Waals surface area contributed by atoms with Crippen LogP contribution in [0.2, 0.25) is 0 Å². The average Bonchev–Trinajstić information content (AvgIpc) is 3.34. The quantitative estimate of drug-likeness (QED) is 0.207.